The van der Waals surface area contributed by atoms with Crippen LogP contribution in [0.5, 0.6) is 5.75 Å². The lowest BCUT2D eigenvalue weighted by atomic mass is 10.0. The average molecular weight is 192 g/mol. The molecule has 0 spiro atoms. The highest BCUT2D eigenvalue weighted by molar-refractivity contribution is 5.45. The molecule has 0 amide bonds. The maximum Gasteiger partial charge on any atom is 0.133 e. The van der Waals surface area contributed by atoms with E-state index in [1.54, 1.807) is 6.07 Å². The number of rotatable bonds is 3. The number of phenolic OH excluding ortho intramolecular Hbond substituents is 1. The number of nitriles is 1. The van der Waals surface area contributed by atoms with Crippen molar-refractivity contribution >= 4 is 0 Å². The van der Waals surface area contributed by atoms with Crippen molar-refractivity contribution in [3.05, 3.63) is 29.3 Å². The summed E-state index contributed by atoms with van der Waals surface area (Å²) in [6.45, 7) is 0.00390. The van der Waals surface area contributed by atoms with Crippen LogP contribution in [-0.2, 0) is 0 Å². The van der Waals surface area contributed by atoms with E-state index >= 15 is 0 Å². The van der Waals surface area contributed by atoms with Crippen molar-refractivity contribution in [2.45, 2.75) is 12.5 Å². The second kappa shape index (κ2) is 4.61. The first-order valence-electron chi connectivity index (χ1n) is 4.28. The molecule has 1 rings (SSSR count). The Labute approximate surface area is 82.2 Å². The molecule has 0 heterocycles. The number of phenols is 1. The molecule has 0 bridgehead atoms. The normalized spacial score (nSPS) is 12.1. The first-order chi connectivity index (χ1) is 6.69. The van der Waals surface area contributed by atoms with Crippen LogP contribution in [0.15, 0.2) is 18.2 Å². The van der Waals surface area contributed by atoms with Crippen LogP contribution < -0.4 is 5.73 Å². The molecule has 1 aromatic carbocycles. The molecule has 74 valence electrons. The van der Waals surface area contributed by atoms with Crippen molar-refractivity contribution in [3.8, 4) is 11.8 Å². The Morgan fingerprint density at radius 1 is 1.50 bits per heavy atom. The number of benzene rings is 1. The van der Waals surface area contributed by atoms with E-state index in [0.717, 1.165) is 5.56 Å². The Morgan fingerprint density at radius 2 is 2.21 bits per heavy atom. The Bertz CT molecular complexity index is 358. The molecule has 1 unspecified atom stereocenters. The molecule has 4 N–H and O–H groups in total. The fourth-order valence-corrected chi connectivity index (χ4v) is 1.18. The lowest BCUT2D eigenvalue weighted by Gasteiger charge is -2.10. The zero-order valence-electron chi connectivity index (χ0n) is 7.64. The van der Waals surface area contributed by atoms with Crippen LogP contribution in [0.4, 0.5) is 0 Å². The molecular formula is C10H12N2O2. The lowest BCUT2D eigenvalue weighted by Crippen LogP contribution is -2.11. The van der Waals surface area contributed by atoms with Gasteiger partial charge < -0.3 is 15.9 Å². The van der Waals surface area contributed by atoms with Crippen molar-refractivity contribution < 1.29 is 10.2 Å². The summed E-state index contributed by atoms with van der Waals surface area (Å²) in [5.41, 5.74) is 6.68. The van der Waals surface area contributed by atoms with E-state index in [2.05, 4.69) is 0 Å². The van der Waals surface area contributed by atoms with Gasteiger partial charge in [0, 0.05) is 12.6 Å². The third kappa shape index (κ3) is 2.22. The number of hydrogen-bond acceptors (Lipinski definition) is 4. The zero-order chi connectivity index (χ0) is 10.6. The molecule has 0 aliphatic carbocycles. The molecule has 0 radical (unpaired) electrons. The molecule has 14 heavy (non-hydrogen) atoms. The minimum Gasteiger partial charge on any atom is -0.507 e. The predicted octanol–water partition coefficient (Wildman–Crippen LogP) is 0.646. The SMILES string of the molecule is N#Cc1cc(C(N)CCO)ccc1O. The minimum atomic E-state index is -0.298. The van der Waals surface area contributed by atoms with E-state index in [-0.39, 0.29) is 24.0 Å². The number of hydrogen-bond donors (Lipinski definition) is 3. The van der Waals surface area contributed by atoms with Gasteiger partial charge in [-0.25, -0.2) is 0 Å². The van der Waals surface area contributed by atoms with Gasteiger partial charge in [0.05, 0.1) is 5.56 Å². The molecule has 1 aromatic rings. The summed E-state index contributed by atoms with van der Waals surface area (Å²) in [4.78, 5) is 0. The molecule has 0 aliphatic rings. The van der Waals surface area contributed by atoms with Crippen LogP contribution >= 0.6 is 0 Å². The second-order valence-corrected chi connectivity index (χ2v) is 3.01. The molecule has 0 fully saturated rings. The smallest absolute Gasteiger partial charge is 0.133 e. The van der Waals surface area contributed by atoms with Gasteiger partial charge in [-0.05, 0) is 24.1 Å². The number of aromatic hydroxyl groups is 1. The van der Waals surface area contributed by atoms with Crippen LogP contribution in [0, 0.1) is 11.3 Å². The van der Waals surface area contributed by atoms with Gasteiger partial charge in [-0.15, -0.1) is 0 Å². The van der Waals surface area contributed by atoms with Crippen LogP contribution in [0.2, 0.25) is 0 Å². The van der Waals surface area contributed by atoms with Crippen LogP contribution in [-0.4, -0.2) is 16.8 Å². The summed E-state index contributed by atoms with van der Waals surface area (Å²) in [6, 6.07) is 6.19. The molecular weight excluding hydrogens is 180 g/mol. The predicted molar refractivity (Wildman–Crippen MR) is 51.5 cm³/mol. The topological polar surface area (TPSA) is 90.3 Å². The molecule has 0 aliphatic heterocycles. The summed E-state index contributed by atoms with van der Waals surface area (Å²) >= 11 is 0. The number of aliphatic hydroxyl groups excluding tert-OH is 1. The highest BCUT2D eigenvalue weighted by Gasteiger charge is 2.08. The minimum absolute atomic E-state index is 0.00390. The standard InChI is InChI=1S/C10H12N2O2/c11-6-8-5-7(1-2-10(8)14)9(12)3-4-13/h1-2,5,9,13-14H,3-4,12H2. The maximum absolute atomic E-state index is 9.23. The molecule has 4 heteroatoms. The summed E-state index contributed by atoms with van der Waals surface area (Å²) in [6.07, 6.45) is 0.440. The Morgan fingerprint density at radius 3 is 2.79 bits per heavy atom. The van der Waals surface area contributed by atoms with Gasteiger partial charge in [-0.1, -0.05) is 6.07 Å². The van der Waals surface area contributed by atoms with E-state index in [1.165, 1.54) is 12.1 Å². The van der Waals surface area contributed by atoms with Gasteiger partial charge in [0.15, 0.2) is 0 Å². The Hall–Kier alpha value is -1.57. The van der Waals surface area contributed by atoms with E-state index in [9.17, 15) is 5.11 Å². The monoisotopic (exact) mass is 192 g/mol. The van der Waals surface area contributed by atoms with Gasteiger partial charge in [0.2, 0.25) is 0 Å². The van der Waals surface area contributed by atoms with E-state index in [0.29, 0.717) is 6.42 Å². The van der Waals surface area contributed by atoms with Crippen molar-refractivity contribution in [3.63, 3.8) is 0 Å². The third-order valence-electron chi connectivity index (χ3n) is 2.01. The summed E-state index contributed by atoms with van der Waals surface area (Å²) in [5, 5.41) is 26.6. The van der Waals surface area contributed by atoms with Crippen molar-refractivity contribution in [2.75, 3.05) is 6.61 Å². The molecule has 0 aromatic heterocycles. The Balaban J connectivity index is 2.95. The van der Waals surface area contributed by atoms with Crippen LogP contribution in [0.3, 0.4) is 0 Å². The number of aliphatic hydroxyl groups is 1. The first kappa shape index (κ1) is 10.5. The summed E-state index contributed by atoms with van der Waals surface area (Å²) < 4.78 is 0. The molecule has 0 saturated carbocycles. The zero-order valence-corrected chi connectivity index (χ0v) is 7.64. The largest absolute Gasteiger partial charge is 0.507 e. The molecule has 1 atom stereocenters. The molecule has 4 nitrogen and oxygen atoms in total. The van der Waals surface area contributed by atoms with Crippen LogP contribution in [0.1, 0.15) is 23.6 Å². The first-order valence-corrected chi connectivity index (χ1v) is 4.28. The van der Waals surface area contributed by atoms with Gasteiger partial charge in [0.1, 0.15) is 11.8 Å². The quantitative estimate of drug-likeness (QED) is 0.655. The maximum atomic E-state index is 9.23. The van der Waals surface area contributed by atoms with Gasteiger partial charge in [0.25, 0.3) is 0 Å². The third-order valence-corrected chi connectivity index (χ3v) is 2.01. The lowest BCUT2D eigenvalue weighted by molar-refractivity contribution is 0.276. The van der Waals surface area contributed by atoms with Gasteiger partial charge in [-0.3, -0.25) is 0 Å². The number of nitrogens with zero attached hydrogens (tertiary/aromatic N) is 1. The van der Waals surface area contributed by atoms with Crippen molar-refractivity contribution in [2.24, 2.45) is 5.73 Å². The van der Waals surface area contributed by atoms with Crippen molar-refractivity contribution in [1.29, 1.82) is 5.26 Å². The van der Waals surface area contributed by atoms with E-state index in [4.69, 9.17) is 16.1 Å². The van der Waals surface area contributed by atoms with Crippen LogP contribution in [0.25, 0.3) is 0 Å². The average Bonchev–Trinajstić information content (AvgIpc) is 2.19. The van der Waals surface area contributed by atoms with Gasteiger partial charge >= 0.3 is 0 Å². The Kier molecular flexibility index (Phi) is 3.46. The van der Waals surface area contributed by atoms with Crippen molar-refractivity contribution in [1.82, 2.24) is 0 Å². The summed E-state index contributed by atoms with van der Waals surface area (Å²) in [5.74, 6) is -0.0487. The molecule has 0 saturated heterocycles. The fourth-order valence-electron chi connectivity index (χ4n) is 1.18. The van der Waals surface area contributed by atoms with Gasteiger partial charge in [-0.2, -0.15) is 5.26 Å². The van der Waals surface area contributed by atoms with E-state index < -0.39 is 0 Å². The second-order valence-electron chi connectivity index (χ2n) is 3.01. The summed E-state index contributed by atoms with van der Waals surface area (Å²) in [7, 11) is 0. The fraction of sp³-hybridized carbons (Fsp3) is 0.300. The highest BCUT2D eigenvalue weighted by Crippen LogP contribution is 2.21. The number of nitrogens with two attached hydrogens (primary N) is 1. The highest BCUT2D eigenvalue weighted by atomic mass is 16.3. The van der Waals surface area contributed by atoms with E-state index in [1.807, 2.05) is 6.07 Å².